The monoisotopic (exact) mass is 215 g/mol. The Bertz CT molecular complexity index is 208. The van der Waals surface area contributed by atoms with Gasteiger partial charge in [0, 0.05) is 19.8 Å². The predicted octanol–water partition coefficient (Wildman–Crippen LogP) is 0.833. The Hall–Kier alpha value is -0.610. The zero-order chi connectivity index (χ0) is 11.3. The number of carbonyl (C=O) groups excluding carboxylic acids is 1. The van der Waals surface area contributed by atoms with Crippen LogP contribution in [-0.2, 0) is 9.53 Å². The van der Waals surface area contributed by atoms with Gasteiger partial charge in [0.05, 0.1) is 12.0 Å². The lowest BCUT2D eigenvalue weighted by Crippen LogP contribution is -2.45. The van der Waals surface area contributed by atoms with E-state index in [0.717, 1.165) is 19.3 Å². The van der Waals surface area contributed by atoms with Gasteiger partial charge in [-0.1, -0.05) is 0 Å². The van der Waals surface area contributed by atoms with Crippen LogP contribution in [0.2, 0.25) is 0 Å². The molecule has 1 aliphatic carbocycles. The minimum Gasteiger partial charge on any atom is -0.396 e. The Labute approximate surface area is 91.0 Å². The first-order valence-corrected chi connectivity index (χ1v) is 5.57. The Balaban J connectivity index is 2.28. The highest BCUT2D eigenvalue weighted by Crippen LogP contribution is 2.37. The summed E-state index contributed by atoms with van der Waals surface area (Å²) in [6.45, 7) is 2.01. The Kier molecular flexibility index (Phi) is 4.54. The fourth-order valence-electron chi connectivity index (χ4n) is 1.91. The van der Waals surface area contributed by atoms with Gasteiger partial charge in [-0.25, -0.2) is 0 Å². The van der Waals surface area contributed by atoms with E-state index in [1.54, 1.807) is 7.11 Å². The summed E-state index contributed by atoms with van der Waals surface area (Å²) in [7, 11) is 1.67. The van der Waals surface area contributed by atoms with Crippen LogP contribution in [0.1, 0.15) is 39.0 Å². The molecule has 0 aromatic heterocycles. The molecule has 1 amide bonds. The third kappa shape index (κ3) is 3.47. The number of ether oxygens (including phenoxy) is 1. The molecule has 4 nitrogen and oxygen atoms in total. The molecular weight excluding hydrogens is 194 g/mol. The Morgan fingerprint density at radius 3 is 2.67 bits per heavy atom. The maximum atomic E-state index is 11.6. The molecule has 0 aromatic rings. The number of aliphatic hydroxyl groups is 1. The lowest BCUT2D eigenvalue weighted by molar-refractivity contribution is -0.134. The molecule has 0 aliphatic heterocycles. The summed E-state index contributed by atoms with van der Waals surface area (Å²) >= 11 is 0. The smallest absolute Gasteiger partial charge is 0.223 e. The van der Waals surface area contributed by atoms with E-state index >= 15 is 0 Å². The molecule has 88 valence electrons. The summed E-state index contributed by atoms with van der Waals surface area (Å²) in [5, 5.41) is 11.6. The molecule has 0 radical (unpaired) electrons. The molecule has 0 saturated heterocycles. The van der Waals surface area contributed by atoms with E-state index in [-0.39, 0.29) is 24.2 Å². The van der Waals surface area contributed by atoms with Crippen LogP contribution in [0.4, 0.5) is 0 Å². The number of hydrogen-bond donors (Lipinski definition) is 2. The van der Waals surface area contributed by atoms with Crippen molar-refractivity contribution in [1.82, 2.24) is 5.32 Å². The summed E-state index contributed by atoms with van der Waals surface area (Å²) in [6, 6.07) is 0.0384. The summed E-state index contributed by atoms with van der Waals surface area (Å²) in [5.41, 5.74) is -0.205. The SMILES string of the molecule is COC1(CC(=O)NC(C)CCO)CCC1. The molecule has 1 fully saturated rings. The summed E-state index contributed by atoms with van der Waals surface area (Å²) in [5.74, 6) is 0.0255. The van der Waals surface area contributed by atoms with Crippen LogP contribution in [0.5, 0.6) is 0 Å². The fourth-order valence-corrected chi connectivity index (χ4v) is 1.91. The van der Waals surface area contributed by atoms with E-state index in [9.17, 15) is 4.79 Å². The average Bonchev–Trinajstić information content (AvgIpc) is 2.11. The van der Waals surface area contributed by atoms with Crippen molar-refractivity contribution < 1.29 is 14.6 Å². The standard InChI is InChI=1S/C11H21NO3/c1-9(4-7-13)12-10(14)8-11(15-2)5-3-6-11/h9,13H,3-8H2,1-2H3,(H,12,14). The van der Waals surface area contributed by atoms with Crippen LogP contribution in [-0.4, -0.2) is 36.4 Å². The van der Waals surface area contributed by atoms with E-state index in [2.05, 4.69) is 5.32 Å². The Morgan fingerprint density at radius 1 is 1.60 bits per heavy atom. The number of nitrogens with one attached hydrogen (secondary N) is 1. The predicted molar refractivity (Wildman–Crippen MR) is 57.5 cm³/mol. The average molecular weight is 215 g/mol. The van der Waals surface area contributed by atoms with Crippen molar-refractivity contribution in [3.8, 4) is 0 Å². The van der Waals surface area contributed by atoms with Crippen LogP contribution in [0.25, 0.3) is 0 Å². The van der Waals surface area contributed by atoms with Crippen molar-refractivity contribution in [3.05, 3.63) is 0 Å². The number of rotatable bonds is 6. The van der Waals surface area contributed by atoms with E-state index in [0.29, 0.717) is 12.8 Å². The van der Waals surface area contributed by atoms with Crippen molar-refractivity contribution in [3.63, 3.8) is 0 Å². The Morgan fingerprint density at radius 2 is 2.27 bits per heavy atom. The van der Waals surface area contributed by atoms with Gasteiger partial charge >= 0.3 is 0 Å². The number of methoxy groups -OCH3 is 1. The topological polar surface area (TPSA) is 58.6 Å². The maximum Gasteiger partial charge on any atom is 0.223 e. The summed E-state index contributed by atoms with van der Waals surface area (Å²) in [4.78, 5) is 11.6. The van der Waals surface area contributed by atoms with Gasteiger partial charge in [-0.05, 0) is 32.6 Å². The zero-order valence-electron chi connectivity index (χ0n) is 9.58. The highest BCUT2D eigenvalue weighted by atomic mass is 16.5. The lowest BCUT2D eigenvalue weighted by atomic mass is 9.77. The molecule has 15 heavy (non-hydrogen) atoms. The van der Waals surface area contributed by atoms with E-state index in [4.69, 9.17) is 9.84 Å². The van der Waals surface area contributed by atoms with E-state index in [1.165, 1.54) is 0 Å². The van der Waals surface area contributed by atoms with Crippen LogP contribution < -0.4 is 5.32 Å². The minimum absolute atomic E-state index is 0.0255. The minimum atomic E-state index is -0.205. The molecule has 1 saturated carbocycles. The largest absolute Gasteiger partial charge is 0.396 e. The van der Waals surface area contributed by atoms with Crippen molar-refractivity contribution in [1.29, 1.82) is 0 Å². The zero-order valence-corrected chi connectivity index (χ0v) is 9.58. The van der Waals surface area contributed by atoms with Gasteiger partial charge in [0.15, 0.2) is 0 Å². The van der Waals surface area contributed by atoms with Crippen molar-refractivity contribution >= 4 is 5.91 Å². The van der Waals surface area contributed by atoms with Gasteiger partial charge in [-0.15, -0.1) is 0 Å². The van der Waals surface area contributed by atoms with Gasteiger partial charge in [0.25, 0.3) is 0 Å². The first-order valence-electron chi connectivity index (χ1n) is 5.57. The van der Waals surface area contributed by atoms with Crippen LogP contribution >= 0.6 is 0 Å². The molecule has 2 N–H and O–H groups in total. The molecule has 1 atom stereocenters. The number of amides is 1. The second-order valence-electron chi connectivity index (χ2n) is 4.40. The van der Waals surface area contributed by atoms with Gasteiger partial charge in [-0.2, -0.15) is 0 Å². The molecule has 0 aromatic carbocycles. The van der Waals surface area contributed by atoms with Crippen LogP contribution in [0.15, 0.2) is 0 Å². The van der Waals surface area contributed by atoms with Gasteiger partial charge in [0.2, 0.25) is 5.91 Å². The highest BCUT2D eigenvalue weighted by molar-refractivity contribution is 5.77. The van der Waals surface area contributed by atoms with Crippen molar-refractivity contribution in [2.24, 2.45) is 0 Å². The van der Waals surface area contributed by atoms with Gasteiger partial charge in [0.1, 0.15) is 0 Å². The number of aliphatic hydroxyl groups excluding tert-OH is 1. The maximum absolute atomic E-state index is 11.6. The van der Waals surface area contributed by atoms with Crippen molar-refractivity contribution in [2.75, 3.05) is 13.7 Å². The second kappa shape index (κ2) is 5.47. The van der Waals surface area contributed by atoms with Crippen molar-refractivity contribution in [2.45, 2.75) is 50.7 Å². The molecule has 1 rings (SSSR count). The quantitative estimate of drug-likeness (QED) is 0.690. The highest BCUT2D eigenvalue weighted by Gasteiger charge is 2.39. The van der Waals surface area contributed by atoms with Crippen LogP contribution in [0, 0.1) is 0 Å². The number of hydrogen-bond acceptors (Lipinski definition) is 3. The first-order chi connectivity index (χ1) is 7.12. The molecule has 0 bridgehead atoms. The molecule has 1 unspecified atom stereocenters. The third-order valence-electron chi connectivity index (χ3n) is 3.15. The van der Waals surface area contributed by atoms with E-state index in [1.807, 2.05) is 6.92 Å². The lowest BCUT2D eigenvalue weighted by Gasteiger charge is -2.40. The van der Waals surface area contributed by atoms with Crippen LogP contribution in [0.3, 0.4) is 0 Å². The normalized spacial score (nSPS) is 20.5. The van der Waals surface area contributed by atoms with E-state index < -0.39 is 0 Å². The molecule has 0 heterocycles. The summed E-state index contributed by atoms with van der Waals surface area (Å²) < 4.78 is 5.38. The molecule has 1 aliphatic rings. The third-order valence-corrected chi connectivity index (χ3v) is 3.15. The molecular formula is C11H21NO3. The first kappa shape index (κ1) is 12.5. The summed E-state index contributed by atoms with van der Waals surface area (Å²) in [6.07, 6.45) is 4.15. The second-order valence-corrected chi connectivity index (χ2v) is 4.40. The molecule has 4 heteroatoms. The van der Waals surface area contributed by atoms with Gasteiger partial charge < -0.3 is 15.2 Å². The van der Waals surface area contributed by atoms with Gasteiger partial charge in [-0.3, -0.25) is 4.79 Å². The number of carbonyl (C=O) groups is 1. The molecule has 0 spiro atoms. The fraction of sp³-hybridized carbons (Fsp3) is 0.909.